The first-order valence-electron chi connectivity index (χ1n) is 7.95. The molecule has 0 saturated carbocycles. The van der Waals surface area contributed by atoms with Gasteiger partial charge < -0.3 is 15.4 Å². The highest BCUT2D eigenvalue weighted by Gasteiger charge is 2.19. The molecule has 2 aromatic carbocycles. The lowest BCUT2D eigenvalue weighted by Gasteiger charge is -2.14. The predicted octanol–water partition coefficient (Wildman–Crippen LogP) is 2.43. The molecule has 0 radical (unpaired) electrons. The lowest BCUT2D eigenvalue weighted by atomic mass is 10.1. The first-order chi connectivity index (χ1) is 12.4. The number of rotatable bonds is 6. The smallest absolute Gasteiger partial charge is 0.328 e. The molecule has 2 amide bonds. The van der Waals surface area contributed by atoms with Crippen LogP contribution < -0.4 is 10.6 Å². The molecule has 2 N–H and O–H groups in total. The number of para-hydroxylation sites is 1. The van der Waals surface area contributed by atoms with Gasteiger partial charge in [0.05, 0.1) is 5.69 Å². The van der Waals surface area contributed by atoms with Crippen molar-refractivity contribution in [2.24, 2.45) is 0 Å². The minimum atomic E-state index is -0.940. The molecular weight excluding hydrogens is 339 g/mol. The zero-order chi connectivity index (χ0) is 19.1. The van der Waals surface area contributed by atoms with Crippen LogP contribution in [0.15, 0.2) is 48.5 Å². The Labute approximate surface area is 150 Å². The number of benzene rings is 2. The number of carbonyl (C=O) groups is 3. The minimum absolute atomic E-state index is 0.00523. The predicted molar refractivity (Wildman–Crippen MR) is 94.1 cm³/mol. The maximum atomic E-state index is 13.4. The summed E-state index contributed by atoms with van der Waals surface area (Å²) >= 11 is 0. The van der Waals surface area contributed by atoms with E-state index in [0.29, 0.717) is 5.56 Å². The second kappa shape index (κ2) is 8.75. The van der Waals surface area contributed by atoms with Crippen molar-refractivity contribution in [3.8, 4) is 0 Å². The van der Waals surface area contributed by atoms with Crippen LogP contribution in [0.3, 0.4) is 0 Å². The second-order valence-electron chi connectivity index (χ2n) is 5.70. The molecule has 0 bridgehead atoms. The van der Waals surface area contributed by atoms with E-state index < -0.39 is 36.2 Å². The van der Waals surface area contributed by atoms with Gasteiger partial charge in [-0.1, -0.05) is 29.8 Å². The van der Waals surface area contributed by atoms with Crippen LogP contribution in [0, 0.1) is 12.7 Å². The van der Waals surface area contributed by atoms with E-state index >= 15 is 0 Å². The molecule has 0 unspecified atom stereocenters. The number of carbonyl (C=O) groups excluding carboxylic acids is 3. The molecule has 26 heavy (non-hydrogen) atoms. The van der Waals surface area contributed by atoms with Crippen molar-refractivity contribution < 1.29 is 23.5 Å². The number of anilines is 1. The molecule has 6 nitrogen and oxygen atoms in total. The van der Waals surface area contributed by atoms with Crippen LogP contribution in [0.25, 0.3) is 0 Å². The standard InChI is InChI=1S/C19H19FN2O4/c1-12-6-5-7-14(10-12)18(24)21-13(2)19(25)26-11-17(23)22-16-9-4-3-8-15(16)20/h3-10,13H,11H2,1-2H3,(H,21,24)(H,22,23)/t13-/m0/s1. The molecular formula is C19H19FN2O4. The lowest BCUT2D eigenvalue weighted by molar-refractivity contribution is -0.148. The molecule has 0 aliphatic rings. The average molecular weight is 358 g/mol. The van der Waals surface area contributed by atoms with Crippen LogP contribution in [0.1, 0.15) is 22.8 Å². The average Bonchev–Trinajstić information content (AvgIpc) is 2.61. The third-order valence-corrected chi connectivity index (χ3v) is 3.47. The van der Waals surface area contributed by atoms with Gasteiger partial charge >= 0.3 is 5.97 Å². The van der Waals surface area contributed by atoms with Crippen molar-refractivity contribution in [2.75, 3.05) is 11.9 Å². The summed E-state index contributed by atoms with van der Waals surface area (Å²) in [5.41, 5.74) is 1.33. The third-order valence-electron chi connectivity index (χ3n) is 3.47. The van der Waals surface area contributed by atoms with Gasteiger partial charge in [0.1, 0.15) is 11.9 Å². The van der Waals surface area contributed by atoms with E-state index in [1.54, 1.807) is 24.3 Å². The van der Waals surface area contributed by atoms with E-state index in [-0.39, 0.29) is 5.69 Å². The number of nitrogens with one attached hydrogen (secondary N) is 2. The highest BCUT2D eigenvalue weighted by Crippen LogP contribution is 2.12. The van der Waals surface area contributed by atoms with Gasteiger partial charge in [0.2, 0.25) is 0 Å². The van der Waals surface area contributed by atoms with Gasteiger partial charge in [0, 0.05) is 5.56 Å². The van der Waals surface area contributed by atoms with Gasteiger partial charge in [-0.15, -0.1) is 0 Å². The molecule has 136 valence electrons. The molecule has 0 saturated heterocycles. The van der Waals surface area contributed by atoms with Crippen LogP contribution in [0.4, 0.5) is 10.1 Å². The van der Waals surface area contributed by atoms with Gasteiger partial charge in [0.25, 0.3) is 11.8 Å². The maximum absolute atomic E-state index is 13.4. The Bertz CT molecular complexity index is 823. The highest BCUT2D eigenvalue weighted by atomic mass is 19.1. The van der Waals surface area contributed by atoms with Gasteiger partial charge in [0.15, 0.2) is 6.61 Å². The summed E-state index contributed by atoms with van der Waals surface area (Å²) in [7, 11) is 0. The Morgan fingerprint density at radius 1 is 1.12 bits per heavy atom. The Balaban J connectivity index is 1.82. The van der Waals surface area contributed by atoms with Crippen molar-refractivity contribution in [3.63, 3.8) is 0 Å². The van der Waals surface area contributed by atoms with Crippen LogP contribution in [0.2, 0.25) is 0 Å². The fourth-order valence-corrected chi connectivity index (χ4v) is 2.14. The summed E-state index contributed by atoms with van der Waals surface area (Å²) in [6, 6.07) is 11.6. The number of ether oxygens (including phenoxy) is 1. The van der Waals surface area contributed by atoms with Crippen LogP contribution >= 0.6 is 0 Å². The van der Waals surface area contributed by atoms with Crippen molar-refractivity contribution in [1.29, 1.82) is 0 Å². The van der Waals surface area contributed by atoms with E-state index in [9.17, 15) is 18.8 Å². The summed E-state index contributed by atoms with van der Waals surface area (Å²) < 4.78 is 18.3. The van der Waals surface area contributed by atoms with Gasteiger partial charge in [-0.3, -0.25) is 9.59 Å². The fourth-order valence-electron chi connectivity index (χ4n) is 2.14. The van der Waals surface area contributed by atoms with Gasteiger partial charge in [-0.2, -0.15) is 0 Å². The zero-order valence-electron chi connectivity index (χ0n) is 14.4. The molecule has 0 aliphatic heterocycles. The number of amides is 2. The Morgan fingerprint density at radius 3 is 2.54 bits per heavy atom. The largest absolute Gasteiger partial charge is 0.454 e. The summed E-state index contributed by atoms with van der Waals surface area (Å²) in [6.07, 6.45) is 0. The topological polar surface area (TPSA) is 84.5 Å². The Hall–Kier alpha value is -3.22. The molecule has 0 aromatic heterocycles. The second-order valence-corrected chi connectivity index (χ2v) is 5.70. The molecule has 1 atom stereocenters. The number of esters is 1. The SMILES string of the molecule is Cc1cccc(C(=O)N[C@@H](C)C(=O)OCC(=O)Nc2ccccc2F)c1. The van der Waals surface area contributed by atoms with Gasteiger partial charge in [-0.25, -0.2) is 9.18 Å². The van der Waals surface area contributed by atoms with Crippen LogP contribution in [-0.4, -0.2) is 30.4 Å². The van der Waals surface area contributed by atoms with Crippen LogP contribution in [0.5, 0.6) is 0 Å². The zero-order valence-corrected chi connectivity index (χ0v) is 14.4. The molecule has 0 aliphatic carbocycles. The highest BCUT2D eigenvalue weighted by molar-refractivity contribution is 5.97. The molecule has 0 spiro atoms. The lowest BCUT2D eigenvalue weighted by Crippen LogP contribution is -2.40. The van der Waals surface area contributed by atoms with Crippen molar-refractivity contribution in [1.82, 2.24) is 5.32 Å². The monoisotopic (exact) mass is 358 g/mol. The number of halogens is 1. The Morgan fingerprint density at radius 2 is 1.85 bits per heavy atom. The molecule has 0 heterocycles. The molecule has 2 aromatic rings. The Kier molecular flexibility index (Phi) is 6.43. The van der Waals surface area contributed by atoms with Crippen LogP contribution in [-0.2, 0) is 14.3 Å². The van der Waals surface area contributed by atoms with E-state index in [2.05, 4.69) is 10.6 Å². The minimum Gasteiger partial charge on any atom is -0.454 e. The number of hydrogen-bond donors (Lipinski definition) is 2. The number of hydrogen-bond acceptors (Lipinski definition) is 4. The quantitative estimate of drug-likeness (QED) is 0.777. The van der Waals surface area contributed by atoms with Crippen molar-refractivity contribution in [3.05, 3.63) is 65.5 Å². The molecule has 7 heteroatoms. The van der Waals surface area contributed by atoms with Gasteiger partial charge in [-0.05, 0) is 38.1 Å². The number of aryl methyl sites for hydroxylation is 1. The molecule has 0 fully saturated rings. The fraction of sp³-hybridized carbons (Fsp3) is 0.211. The van der Waals surface area contributed by atoms with E-state index in [0.717, 1.165) is 5.56 Å². The van der Waals surface area contributed by atoms with E-state index in [1.165, 1.54) is 25.1 Å². The van der Waals surface area contributed by atoms with E-state index in [4.69, 9.17) is 4.74 Å². The first kappa shape index (κ1) is 19.1. The van der Waals surface area contributed by atoms with E-state index in [1.807, 2.05) is 13.0 Å². The normalized spacial score (nSPS) is 11.3. The third kappa shape index (κ3) is 5.41. The summed E-state index contributed by atoms with van der Waals surface area (Å²) in [4.78, 5) is 35.7. The maximum Gasteiger partial charge on any atom is 0.328 e. The summed E-state index contributed by atoms with van der Waals surface area (Å²) in [5.74, 6) is -2.46. The first-order valence-corrected chi connectivity index (χ1v) is 7.95. The summed E-state index contributed by atoms with van der Waals surface area (Å²) in [5, 5.41) is 4.80. The van der Waals surface area contributed by atoms with Crippen molar-refractivity contribution in [2.45, 2.75) is 19.9 Å². The summed E-state index contributed by atoms with van der Waals surface area (Å²) in [6.45, 7) is 2.71. The molecule has 2 rings (SSSR count). The van der Waals surface area contributed by atoms with Crippen molar-refractivity contribution >= 4 is 23.5 Å².